The zero-order valence-electron chi connectivity index (χ0n) is 15.2. The number of rotatable bonds is 8. The van der Waals surface area contributed by atoms with Crippen molar-refractivity contribution in [2.45, 2.75) is 27.1 Å². The maximum absolute atomic E-state index is 11.4. The minimum atomic E-state index is -0.557. The second kappa shape index (κ2) is 10.7. The molecule has 0 unspecified atom stereocenters. The van der Waals surface area contributed by atoms with Crippen molar-refractivity contribution in [3.8, 4) is 0 Å². The fourth-order valence-corrected chi connectivity index (χ4v) is 2.06. The highest BCUT2D eigenvalue weighted by Crippen LogP contribution is 2.10. The van der Waals surface area contributed by atoms with Crippen molar-refractivity contribution in [2.75, 3.05) is 23.8 Å². The molecule has 9 nitrogen and oxygen atoms in total. The van der Waals surface area contributed by atoms with Crippen LogP contribution in [0.15, 0.2) is 36.4 Å². The van der Waals surface area contributed by atoms with Crippen molar-refractivity contribution < 1.29 is 23.8 Å². The fourth-order valence-electron chi connectivity index (χ4n) is 2.06. The Labute approximate surface area is 157 Å². The van der Waals surface area contributed by atoms with E-state index in [2.05, 4.69) is 20.6 Å². The van der Waals surface area contributed by atoms with Crippen LogP contribution in [0.5, 0.6) is 0 Å². The van der Waals surface area contributed by atoms with E-state index >= 15 is 0 Å². The quantitative estimate of drug-likeness (QED) is 0.729. The normalized spacial score (nSPS) is 10.1. The number of ether oxygens (including phenoxy) is 3. The lowest BCUT2D eigenvalue weighted by atomic mass is 10.3. The molecule has 0 aromatic carbocycles. The number of amides is 2. The zero-order valence-corrected chi connectivity index (χ0v) is 15.2. The first-order chi connectivity index (χ1) is 13.1. The van der Waals surface area contributed by atoms with Crippen molar-refractivity contribution in [3.05, 3.63) is 47.8 Å². The minimum absolute atomic E-state index is 0.232. The van der Waals surface area contributed by atoms with E-state index in [1.54, 1.807) is 50.2 Å². The highest BCUT2D eigenvalue weighted by atomic mass is 16.6. The lowest BCUT2D eigenvalue weighted by molar-refractivity contribution is 0.102. The Hall–Kier alpha value is -3.20. The van der Waals surface area contributed by atoms with Crippen molar-refractivity contribution in [2.24, 2.45) is 0 Å². The Morgan fingerprint density at radius 2 is 1.26 bits per heavy atom. The van der Waals surface area contributed by atoms with Crippen LogP contribution in [0.25, 0.3) is 0 Å². The molecule has 2 aromatic heterocycles. The van der Waals surface area contributed by atoms with Crippen LogP contribution in [0.3, 0.4) is 0 Å². The predicted octanol–water partition coefficient (Wildman–Crippen LogP) is 3.33. The van der Waals surface area contributed by atoms with Gasteiger partial charge in [0, 0.05) is 0 Å². The van der Waals surface area contributed by atoms with Gasteiger partial charge in [-0.2, -0.15) is 0 Å². The van der Waals surface area contributed by atoms with Gasteiger partial charge in [0.1, 0.15) is 11.6 Å². The van der Waals surface area contributed by atoms with Crippen molar-refractivity contribution >= 4 is 23.8 Å². The summed E-state index contributed by atoms with van der Waals surface area (Å²) in [4.78, 5) is 31.4. The van der Waals surface area contributed by atoms with Crippen LogP contribution in [0.4, 0.5) is 21.2 Å². The summed E-state index contributed by atoms with van der Waals surface area (Å²) in [7, 11) is 0. The van der Waals surface area contributed by atoms with E-state index in [1.807, 2.05) is 0 Å². The van der Waals surface area contributed by atoms with Gasteiger partial charge in [0.05, 0.1) is 37.8 Å². The molecule has 0 saturated carbocycles. The largest absolute Gasteiger partial charge is 0.450 e. The third-order valence-corrected chi connectivity index (χ3v) is 3.12. The van der Waals surface area contributed by atoms with Crippen molar-refractivity contribution in [3.63, 3.8) is 0 Å². The third kappa shape index (κ3) is 7.28. The number of nitrogens with one attached hydrogen (secondary N) is 2. The molecule has 144 valence electrons. The Bertz CT molecular complexity index is 705. The van der Waals surface area contributed by atoms with E-state index in [4.69, 9.17) is 14.2 Å². The number of aromatic nitrogens is 2. The molecule has 0 aliphatic heterocycles. The first-order valence-corrected chi connectivity index (χ1v) is 8.47. The number of hydrogen-bond acceptors (Lipinski definition) is 7. The van der Waals surface area contributed by atoms with Gasteiger partial charge in [-0.15, -0.1) is 0 Å². The average Bonchev–Trinajstić information content (AvgIpc) is 2.63. The van der Waals surface area contributed by atoms with Crippen LogP contribution in [0.1, 0.15) is 25.2 Å². The van der Waals surface area contributed by atoms with E-state index in [0.717, 1.165) is 0 Å². The zero-order chi connectivity index (χ0) is 19.5. The molecule has 0 aliphatic rings. The smallest absolute Gasteiger partial charge is 0.412 e. The van der Waals surface area contributed by atoms with Crippen LogP contribution in [0.2, 0.25) is 0 Å². The Kier molecular flexibility index (Phi) is 7.98. The molecule has 2 aromatic rings. The second-order valence-electron chi connectivity index (χ2n) is 5.21. The Morgan fingerprint density at radius 3 is 1.67 bits per heavy atom. The molecule has 2 N–H and O–H groups in total. The van der Waals surface area contributed by atoms with Gasteiger partial charge in [0.25, 0.3) is 0 Å². The van der Waals surface area contributed by atoms with Gasteiger partial charge in [0.15, 0.2) is 0 Å². The standard InChI is InChI=1S/C18H22N4O5/c1-3-26-17(23)21-15-9-5-7-13(19-15)11-25-12-14-8-6-10-16(20-14)22-18(24)27-4-2/h5-10H,3-4,11-12H2,1-2H3,(H,19,21,23)(H,20,22,24). The van der Waals surface area contributed by atoms with Crippen LogP contribution < -0.4 is 10.6 Å². The molecule has 0 fully saturated rings. The van der Waals surface area contributed by atoms with Gasteiger partial charge in [-0.05, 0) is 38.1 Å². The summed E-state index contributed by atoms with van der Waals surface area (Å²) in [5, 5.41) is 5.07. The maximum Gasteiger partial charge on any atom is 0.412 e. The third-order valence-electron chi connectivity index (χ3n) is 3.12. The van der Waals surface area contributed by atoms with E-state index in [0.29, 0.717) is 23.0 Å². The topological polar surface area (TPSA) is 112 Å². The number of anilines is 2. The van der Waals surface area contributed by atoms with Crippen LogP contribution in [0, 0.1) is 0 Å². The summed E-state index contributed by atoms with van der Waals surface area (Å²) < 4.78 is 15.2. The number of pyridine rings is 2. The van der Waals surface area contributed by atoms with Crippen LogP contribution >= 0.6 is 0 Å². The lowest BCUT2D eigenvalue weighted by Crippen LogP contribution is -2.15. The maximum atomic E-state index is 11.4. The van der Waals surface area contributed by atoms with E-state index in [9.17, 15) is 9.59 Å². The molecule has 0 spiro atoms. The highest BCUT2D eigenvalue weighted by Gasteiger charge is 2.06. The van der Waals surface area contributed by atoms with E-state index in [-0.39, 0.29) is 26.4 Å². The fraction of sp³-hybridized carbons (Fsp3) is 0.333. The van der Waals surface area contributed by atoms with Crippen LogP contribution in [-0.4, -0.2) is 35.4 Å². The molecule has 2 rings (SSSR count). The first-order valence-electron chi connectivity index (χ1n) is 8.47. The van der Waals surface area contributed by atoms with Crippen LogP contribution in [-0.2, 0) is 27.4 Å². The SMILES string of the molecule is CCOC(=O)Nc1cccc(COCc2cccc(NC(=O)OCC)n2)n1. The lowest BCUT2D eigenvalue weighted by Gasteiger charge is -2.08. The molecule has 2 amide bonds. The summed E-state index contributed by atoms with van der Waals surface area (Å²) in [6.07, 6.45) is -1.11. The summed E-state index contributed by atoms with van der Waals surface area (Å²) in [6, 6.07) is 10.4. The summed E-state index contributed by atoms with van der Waals surface area (Å²) in [6.45, 7) is 4.48. The summed E-state index contributed by atoms with van der Waals surface area (Å²) in [5.74, 6) is 0.765. The molecule has 0 radical (unpaired) electrons. The number of nitrogens with zero attached hydrogens (tertiary/aromatic N) is 2. The number of carbonyl (C=O) groups is 2. The van der Waals surface area contributed by atoms with Gasteiger partial charge in [0.2, 0.25) is 0 Å². The van der Waals surface area contributed by atoms with Gasteiger partial charge in [-0.1, -0.05) is 12.1 Å². The van der Waals surface area contributed by atoms with Gasteiger partial charge in [-0.25, -0.2) is 19.6 Å². The molecule has 0 aliphatic carbocycles. The van der Waals surface area contributed by atoms with E-state index in [1.165, 1.54) is 0 Å². The Balaban J connectivity index is 1.85. The monoisotopic (exact) mass is 374 g/mol. The molecular formula is C18H22N4O5. The molecule has 27 heavy (non-hydrogen) atoms. The molecule has 0 saturated heterocycles. The molecule has 0 atom stereocenters. The predicted molar refractivity (Wildman–Crippen MR) is 98.3 cm³/mol. The second-order valence-corrected chi connectivity index (χ2v) is 5.21. The number of hydrogen-bond donors (Lipinski definition) is 2. The molecular weight excluding hydrogens is 352 g/mol. The summed E-state index contributed by atoms with van der Waals surface area (Å²) in [5.41, 5.74) is 1.29. The van der Waals surface area contributed by atoms with Crippen molar-refractivity contribution in [1.29, 1.82) is 0 Å². The number of carbonyl (C=O) groups excluding carboxylic acids is 2. The van der Waals surface area contributed by atoms with Gasteiger partial charge >= 0.3 is 12.2 Å². The first kappa shape index (κ1) is 20.1. The van der Waals surface area contributed by atoms with E-state index < -0.39 is 12.2 Å². The molecule has 2 heterocycles. The summed E-state index contributed by atoms with van der Waals surface area (Å²) >= 11 is 0. The van der Waals surface area contributed by atoms with Gasteiger partial charge in [-0.3, -0.25) is 10.6 Å². The van der Waals surface area contributed by atoms with Gasteiger partial charge < -0.3 is 14.2 Å². The average molecular weight is 374 g/mol. The minimum Gasteiger partial charge on any atom is -0.450 e. The molecule has 0 bridgehead atoms. The molecule has 9 heteroatoms. The highest BCUT2D eigenvalue weighted by molar-refractivity contribution is 5.83. The van der Waals surface area contributed by atoms with Crippen molar-refractivity contribution in [1.82, 2.24) is 9.97 Å². The Morgan fingerprint density at radius 1 is 0.815 bits per heavy atom.